The minimum absolute atomic E-state index is 0.0336. The molecule has 0 saturated heterocycles. The predicted octanol–water partition coefficient (Wildman–Crippen LogP) is 5.98. The average molecular weight is 528 g/mol. The van der Waals surface area contributed by atoms with Crippen molar-refractivity contribution >= 4 is 40.4 Å². The molecular formula is C17H12Cl2F9N5. The van der Waals surface area contributed by atoms with Crippen LogP contribution >= 0.6 is 23.2 Å². The molecule has 1 aromatic rings. The molecule has 182 valence electrons. The molecule has 0 aromatic heterocycles. The van der Waals surface area contributed by atoms with Crippen LogP contribution in [-0.2, 0) is 6.18 Å². The summed E-state index contributed by atoms with van der Waals surface area (Å²) in [7, 11) is 0. The van der Waals surface area contributed by atoms with Crippen molar-refractivity contribution in [2.75, 3.05) is 5.01 Å². The number of alkyl halides is 9. The maximum absolute atomic E-state index is 13.7. The van der Waals surface area contributed by atoms with E-state index < -0.39 is 74.9 Å². The number of fused-ring (bicyclic) bond motifs is 1. The summed E-state index contributed by atoms with van der Waals surface area (Å²) < 4.78 is 120. The summed E-state index contributed by atoms with van der Waals surface area (Å²) in [6.07, 6.45) is -15.9. The molecule has 2 heterocycles. The molecule has 5 nitrogen and oxygen atoms in total. The molecule has 0 bridgehead atoms. The quantitative estimate of drug-likeness (QED) is 0.475. The third kappa shape index (κ3) is 4.47. The highest BCUT2D eigenvalue weighted by Crippen LogP contribution is 2.47. The summed E-state index contributed by atoms with van der Waals surface area (Å²) in [4.78, 5) is 6.05. The van der Waals surface area contributed by atoms with Crippen molar-refractivity contribution in [1.29, 1.82) is 0 Å². The molecule has 3 rings (SSSR count). The molecule has 2 aliphatic rings. The molecule has 16 heteroatoms. The van der Waals surface area contributed by atoms with Crippen LogP contribution < -0.4 is 16.2 Å². The lowest BCUT2D eigenvalue weighted by atomic mass is 9.90. The van der Waals surface area contributed by atoms with Crippen LogP contribution in [0.4, 0.5) is 45.2 Å². The predicted molar refractivity (Wildman–Crippen MR) is 103 cm³/mol. The second-order valence-electron chi connectivity index (χ2n) is 7.00. The van der Waals surface area contributed by atoms with Gasteiger partial charge in [0, 0.05) is 0 Å². The fraction of sp³-hybridized carbons (Fsp3) is 0.412. The van der Waals surface area contributed by atoms with E-state index >= 15 is 0 Å². The van der Waals surface area contributed by atoms with E-state index in [1.165, 1.54) is 6.92 Å². The number of benzene rings is 1. The lowest BCUT2D eigenvalue weighted by Gasteiger charge is -2.34. The van der Waals surface area contributed by atoms with Gasteiger partial charge in [-0.1, -0.05) is 36.5 Å². The van der Waals surface area contributed by atoms with Crippen LogP contribution in [0.15, 0.2) is 33.5 Å². The summed E-state index contributed by atoms with van der Waals surface area (Å²) in [5.74, 6) is -2.88. The molecule has 0 aliphatic carbocycles. The van der Waals surface area contributed by atoms with E-state index in [1.54, 1.807) is 0 Å². The first-order chi connectivity index (χ1) is 14.9. The van der Waals surface area contributed by atoms with Crippen LogP contribution in [0, 0.1) is 0 Å². The van der Waals surface area contributed by atoms with Crippen LogP contribution in [0.5, 0.6) is 0 Å². The zero-order valence-electron chi connectivity index (χ0n) is 16.1. The zero-order valence-corrected chi connectivity index (χ0v) is 17.7. The third-order valence-electron chi connectivity index (χ3n) is 4.66. The van der Waals surface area contributed by atoms with Crippen LogP contribution in [0.2, 0.25) is 10.0 Å². The van der Waals surface area contributed by atoms with Crippen molar-refractivity contribution in [3.8, 4) is 0 Å². The van der Waals surface area contributed by atoms with Crippen LogP contribution in [0.1, 0.15) is 25.3 Å². The number of nitrogens with one attached hydrogen (secondary N) is 1. The number of nitrogens with zero attached hydrogens (tertiary/aromatic N) is 3. The number of hydrogen-bond acceptors (Lipinski definition) is 5. The Balaban J connectivity index is 2.28. The van der Waals surface area contributed by atoms with Crippen molar-refractivity contribution in [3.63, 3.8) is 0 Å². The smallest absolute Gasteiger partial charge is 0.384 e. The monoisotopic (exact) mass is 527 g/mol. The normalized spacial score (nSPS) is 21.9. The molecule has 0 fully saturated rings. The lowest BCUT2D eigenvalue weighted by Crippen LogP contribution is -2.53. The average Bonchev–Trinajstić information content (AvgIpc) is 2.91. The summed E-state index contributed by atoms with van der Waals surface area (Å²) in [6, 6.07) is 0.889. The molecule has 0 amide bonds. The van der Waals surface area contributed by atoms with E-state index in [0.717, 1.165) is 0 Å². The molecule has 0 spiro atoms. The number of aliphatic imine (C=N–C) groups is 2. The highest BCUT2D eigenvalue weighted by molar-refractivity contribution is 6.39. The fourth-order valence-corrected chi connectivity index (χ4v) is 4.10. The van der Waals surface area contributed by atoms with E-state index in [4.69, 9.17) is 28.9 Å². The van der Waals surface area contributed by atoms with Crippen molar-refractivity contribution in [2.24, 2.45) is 15.7 Å². The van der Waals surface area contributed by atoms with Gasteiger partial charge >= 0.3 is 18.5 Å². The molecule has 33 heavy (non-hydrogen) atoms. The van der Waals surface area contributed by atoms with Gasteiger partial charge in [0.15, 0.2) is 11.4 Å². The molecule has 2 aliphatic heterocycles. The van der Waals surface area contributed by atoms with Gasteiger partial charge in [0.2, 0.25) is 5.84 Å². The first-order valence-corrected chi connectivity index (χ1v) is 9.65. The number of rotatable bonds is 3. The molecule has 0 saturated carbocycles. The Bertz CT molecular complexity index is 1050. The number of amidine groups is 1. The molecule has 1 unspecified atom stereocenters. The van der Waals surface area contributed by atoms with Crippen molar-refractivity contribution in [1.82, 2.24) is 5.43 Å². The van der Waals surface area contributed by atoms with Gasteiger partial charge in [0.25, 0.3) is 0 Å². The molecule has 1 aromatic carbocycles. The Labute approximate surface area is 189 Å². The summed E-state index contributed by atoms with van der Waals surface area (Å²) in [6.45, 7) is 1.47. The van der Waals surface area contributed by atoms with Crippen LogP contribution in [-0.4, -0.2) is 29.6 Å². The van der Waals surface area contributed by atoms with Gasteiger partial charge in [-0.15, -0.1) is 0 Å². The number of hydrazine groups is 1. The van der Waals surface area contributed by atoms with Gasteiger partial charge in [-0.3, -0.25) is 5.01 Å². The Morgan fingerprint density at radius 2 is 1.52 bits per heavy atom. The van der Waals surface area contributed by atoms with E-state index in [1.807, 2.05) is 0 Å². The number of hydrogen-bond donors (Lipinski definition) is 2. The van der Waals surface area contributed by atoms with E-state index in [0.29, 0.717) is 17.1 Å². The molecule has 1 atom stereocenters. The van der Waals surface area contributed by atoms with E-state index in [2.05, 4.69) is 15.4 Å². The van der Waals surface area contributed by atoms with Gasteiger partial charge in [-0.2, -0.15) is 44.9 Å². The second kappa shape index (κ2) is 7.94. The molecular weight excluding hydrogens is 516 g/mol. The van der Waals surface area contributed by atoms with Gasteiger partial charge in [0.1, 0.15) is 5.82 Å². The highest BCUT2D eigenvalue weighted by atomic mass is 35.5. The number of anilines is 1. The number of nitrogens with two attached hydrogens (primary N) is 1. The summed E-state index contributed by atoms with van der Waals surface area (Å²) >= 11 is 11.8. The third-order valence-corrected chi connectivity index (χ3v) is 5.24. The Hall–Kier alpha value is -2.19. The first-order valence-electron chi connectivity index (χ1n) is 8.90. The Morgan fingerprint density at radius 1 is 0.970 bits per heavy atom. The summed E-state index contributed by atoms with van der Waals surface area (Å²) in [5.41, 5.74) is 1.15. The minimum atomic E-state index is -5.38. The van der Waals surface area contributed by atoms with Crippen molar-refractivity contribution in [2.45, 2.75) is 44.0 Å². The first kappa shape index (κ1) is 25.4. The van der Waals surface area contributed by atoms with E-state index in [-0.39, 0.29) is 6.42 Å². The Kier molecular flexibility index (Phi) is 6.12. The maximum Gasteiger partial charge on any atom is 0.451 e. The van der Waals surface area contributed by atoms with Gasteiger partial charge in [-0.05, 0) is 18.6 Å². The SMILES string of the molecule is CCCC12N=C(C(F)(F)F)N=C(C(F)(F)F)C1=C(N)N(c1c(Cl)cc(C(F)(F)F)cc1Cl)N2. The number of halogens is 11. The zero-order chi connectivity index (χ0) is 25.1. The molecule has 0 radical (unpaired) electrons. The van der Waals surface area contributed by atoms with Gasteiger partial charge < -0.3 is 5.73 Å². The van der Waals surface area contributed by atoms with E-state index in [9.17, 15) is 39.5 Å². The maximum atomic E-state index is 13.7. The van der Waals surface area contributed by atoms with Gasteiger partial charge in [-0.25, -0.2) is 9.98 Å². The van der Waals surface area contributed by atoms with Crippen LogP contribution in [0.25, 0.3) is 0 Å². The standard InChI is InChI=1S/C17H12Cl2F9N5/c1-2-3-14-9(11(16(23,24)25)30-13(31-14)17(26,27)28)12(29)33(32-14)10-7(18)4-6(5-8(10)19)15(20,21)22/h4-5,32H,2-3,29H2,1H3. The fourth-order valence-electron chi connectivity index (χ4n) is 3.44. The second-order valence-corrected chi connectivity index (χ2v) is 7.81. The lowest BCUT2D eigenvalue weighted by molar-refractivity contribution is -0.137. The largest absolute Gasteiger partial charge is 0.451 e. The minimum Gasteiger partial charge on any atom is -0.384 e. The van der Waals surface area contributed by atoms with Crippen molar-refractivity contribution in [3.05, 3.63) is 39.1 Å². The highest BCUT2D eigenvalue weighted by Gasteiger charge is 2.58. The summed E-state index contributed by atoms with van der Waals surface area (Å²) in [5, 5.41) is -0.775. The van der Waals surface area contributed by atoms with Crippen molar-refractivity contribution < 1.29 is 39.5 Å². The van der Waals surface area contributed by atoms with Gasteiger partial charge in [0.05, 0.1) is 26.9 Å². The topological polar surface area (TPSA) is 66.0 Å². The van der Waals surface area contributed by atoms with Crippen LogP contribution in [0.3, 0.4) is 0 Å². The molecule has 3 N–H and O–H groups in total. The Morgan fingerprint density at radius 3 is 1.94 bits per heavy atom.